The summed E-state index contributed by atoms with van der Waals surface area (Å²) in [5, 5.41) is 0. The Bertz CT molecular complexity index is 232. The Kier molecular flexibility index (Phi) is 6.30. The first kappa shape index (κ1) is 15.7. The number of nitrogens with two attached hydrogens (primary N) is 1. The van der Waals surface area contributed by atoms with Crippen LogP contribution in [0.25, 0.3) is 0 Å². The van der Waals surface area contributed by atoms with Gasteiger partial charge in [0.25, 0.3) is 0 Å². The summed E-state index contributed by atoms with van der Waals surface area (Å²) in [6.07, 6.45) is 1.31. The van der Waals surface area contributed by atoms with Gasteiger partial charge in [-0.1, -0.05) is 0 Å². The van der Waals surface area contributed by atoms with Crippen LogP contribution in [0.5, 0.6) is 0 Å². The summed E-state index contributed by atoms with van der Waals surface area (Å²) in [7, 11) is 0. The maximum Gasteiger partial charge on any atom is 0.222 e. The van der Waals surface area contributed by atoms with Crippen molar-refractivity contribution in [2.24, 2.45) is 5.73 Å². The van der Waals surface area contributed by atoms with Gasteiger partial charge in [-0.3, -0.25) is 4.79 Å². The minimum atomic E-state index is -0.206. The van der Waals surface area contributed by atoms with Crippen LogP contribution >= 0.6 is 12.4 Å². The third kappa shape index (κ3) is 5.14. The van der Waals surface area contributed by atoms with E-state index < -0.39 is 0 Å². The van der Waals surface area contributed by atoms with Crippen LogP contribution in [0.3, 0.4) is 0 Å². The molecule has 5 heteroatoms. The summed E-state index contributed by atoms with van der Waals surface area (Å²) in [4.78, 5) is 13.7. The van der Waals surface area contributed by atoms with Gasteiger partial charge in [-0.15, -0.1) is 12.4 Å². The van der Waals surface area contributed by atoms with E-state index in [1.807, 2.05) is 25.7 Å². The van der Waals surface area contributed by atoms with Crippen molar-refractivity contribution < 1.29 is 9.53 Å². The van der Waals surface area contributed by atoms with Crippen molar-refractivity contribution in [3.8, 4) is 0 Å². The normalized spacial score (nSPS) is 21.1. The molecule has 16 heavy (non-hydrogen) atoms. The minimum Gasteiger partial charge on any atom is -0.372 e. The lowest BCUT2D eigenvalue weighted by atomic mass is 10.1. The number of hydrogen-bond acceptors (Lipinski definition) is 3. The van der Waals surface area contributed by atoms with Gasteiger partial charge >= 0.3 is 0 Å². The van der Waals surface area contributed by atoms with E-state index in [0.717, 1.165) is 6.42 Å². The van der Waals surface area contributed by atoms with Crippen LogP contribution in [0, 0.1) is 0 Å². The number of hydrogen-bond donors (Lipinski definition) is 1. The average molecular weight is 251 g/mol. The minimum absolute atomic E-state index is 0. The van der Waals surface area contributed by atoms with Crippen molar-refractivity contribution in [3.63, 3.8) is 0 Å². The lowest BCUT2D eigenvalue weighted by molar-refractivity contribution is -0.146. The van der Waals surface area contributed by atoms with Crippen molar-refractivity contribution >= 4 is 18.3 Å². The summed E-state index contributed by atoms with van der Waals surface area (Å²) in [5.41, 5.74) is 5.42. The van der Waals surface area contributed by atoms with Crippen molar-refractivity contribution in [2.45, 2.75) is 45.3 Å². The summed E-state index contributed by atoms with van der Waals surface area (Å²) < 4.78 is 5.55. The van der Waals surface area contributed by atoms with Crippen LogP contribution in [-0.4, -0.2) is 42.1 Å². The lowest BCUT2D eigenvalue weighted by Crippen LogP contribution is -2.50. The molecule has 0 aliphatic carbocycles. The molecule has 1 unspecified atom stereocenters. The van der Waals surface area contributed by atoms with Crippen LogP contribution in [0.15, 0.2) is 0 Å². The molecule has 1 saturated heterocycles. The molecule has 0 bridgehead atoms. The SMILES string of the molecule is CC(N)CCC(=O)N1CCOC(C)(C)C1.Cl. The highest BCUT2D eigenvalue weighted by atomic mass is 35.5. The molecule has 1 rings (SSSR count). The molecule has 1 aliphatic heterocycles. The molecule has 96 valence electrons. The maximum absolute atomic E-state index is 11.8. The van der Waals surface area contributed by atoms with Gasteiger partial charge in [0.15, 0.2) is 0 Å². The zero-order chi connectivity index (χ0) is 11.5. The van der Waals surface area contributed by atoms with E-state index in [9.17, 15) is 4.79 Å². The Morgan fingerprint density at radius 2 is 2.19 bits per heavy atom. The molecule has 0 aromatic carbocycles. The summed E-state index contributed by atoms with van der Waals surface area (Å²) in [5.74, 6) is 0.198. The summed E-state index contributed by atoms with van der Waals surface area (Å²) in [6, 6.07) is 0.100. The van der Waals surface area contributed by atoms with Crippen LogP contribution in [0.1, 0.15) is 33.6 Å². The summed E-state index contributed by atoms with van der Waals surface area (Å²) in [6.45, 7) is 7.98. The predicted octanol–water partition coefficient (Wildman–Crippen LogP) is 1.17. The fourth-order valence-electron chi connectivity index (χ4n) is 1.74. The van der Waals surface area contributed by atoms with Crippen molar-refractivity contribution in [3.05, 3.63) is 0 Å². The van der Waals surface area contributed by atoms with Crippen LogP contribution in [0.2, 0.25) is 0 Å². The molecule has 0 aromatic rings. The number of rotatable bonds is 3. The van der Waals surface area contributed by atoms with Gasteiger partial charge in [0.1, 0.15) is 0 Å². The number of nitrogens with zero attached hydrogens (tertiary/aromatic N) is 1. The van der Waals surface area contributed by atoms with Gasteiger partial charge in [-0.2, -0.15) is 0 Å². The lowest BCUT2D eigenvalue weighted by Gasteiger charge is -2.38. The van der Waals surface area contributed by atoms with E-state index in [2.05, 4.69) is 0 Å². The molecule has 0 aromatic heterocycles. The Balaban J connectivity index is 0.00000225. The van der Waals surface area contributed by atoms with Crippen LogP contribution in [-0.2, 0) is 9.53 Å². The molecule has 1 heterocycles. The highest BCUT2D eigenvalue weighted by molar-refractivity contribution is 5.85. The molecule has 2 N–H and O–H groups in total. The molecular weight excluding hydrogens is 228 g/mol. The molecule has 0 saturated carbocycles. The van der Waals surface area contributed by atoms with Gasteiger partial charge in [0, 0.05) is 25.6 Å². The number of ether oxygens (including phenoxy) is 1. The van der Waals surface area contributed by atoms with Crippen LogP contribution < -0.4 is 5.73 Å². The number of carbonyl (C=O) groups is 1. The number of amides is 1. The molecule has 1 amide bonds. The largest absolute Gasteiger partial charge is 0.372 e. The van der Waals surface area contributed by atoms with E-state index in [1.54, 1.807) is 0 Å². The zero-order valence-corrected chi connectivity index (χ0v) is 11.2. The zero-order valence-electron chi connectivity index (χ0n) is 10.4. The Hall–Kier alpha value is -0.320. The van der Waals surface area contributed by atoms with Gasteiger partial charge in [0.05, 0.1) is 12.2 Å². The topological polar surface area (TPSA) is 55.6 Å². The second-order valence-corrected chi connectivity index (χ2v) is 4.94. The highest BCUT2D eigenvalue weighted by Gasteiger charge is 2.29. The molecule has 0 spiro atoms. The van der Waals surface area contributed by atoms with Gasteiger partial charge < -0.3 is 15.4 Å². The van der Waals surface area contributed by atoms with Crippen molar-refractivity contribution in [2.75, 3.05) is 19.7 Å². The second-order valence-electron chi connectivity index (χ2n) is 4.94. The number of carbonyl (C=O) groups excluding carboxylic acids is 1. The third-order valence-corrected chi connectivity index (χ3v) is 2.59. The fraction of sp³-hybridized carbons (Fsp3) is 0.909. The van der Waals surface area contributed by atoms with Gasteiger partial charge in [-0.05, 0) is 27.2 Å². The van der Waals surface area contributed by atoms with Gasteiger partial charge in [-0.25, -0.2) is 0 Å². The first-order valence-corrected chi connectivity index (χ1v) is 5.58. The number of halogens is 1. The second kappa shape index (κ2) is 6.42. The van der Waals surface area contributed by atoms with E-state index >= 15 is 0 Å². The third-order valence-electron chi connectivity index (χ3n) is 2.59. The predicted molar refractivity (Wildman–Crippen MR) is 66.7 cm³/mol. The summed E-state index contributed by atoms with van der Waals surface area (Å²) >= 11 is 0. The number of morpholine rings is 1. The van der Waals surface area contributed by atoms with E-state index in [0.29, 0.717) is 26.1 Å². The highest BCUT2D eigenvalue weighted by Crippen LogP contribution is 2.17. The molecule has 0 radical (unpaired) electrons. The van der Waals surface area contributed by atoms with E-state index in [4.69, 9.17) is 10.5 Å². The van der Waals surface area contributed by atoms with Crippen molar-refractivity contribution in [1.29, 1.82) is 0 Å². The van der Waals surface area contributed by atoms with E-state index in [-0.39, 0.29) is 30.0 Å². The van der Waals surface area contributed by atoms with Crippen molar-refractivity contribution in [1.82, 2.24) is 4.90 Å². The molecule has 4 nitrogen and oxygen atoms in total. The quantitative estimate of drug-likeness (QED) is 0.818. The standard InChI is InChI=1S/C11H22N2O2.ClH/c1-9(12)4-5-10(14)13-6-7-15-11(2,3)8-13;/h9H,4-8,12H2,1-3H3;1H. The van der Waals surface area contributed by atoms with Crippen LogP contribution in [0.4, 0.5) is 0 Å². The Labute approximate surface area is 104 Å². The Morgan fingerprint density at radius 1 is 1.56 bits per heavy atom. The first-order chi connectivity index (χ1) is 6.91. The molecule has 1 fully saturated rings. The Morgan fingerprint density at radius 3 is 2.69 bits per heavy atom. The fourth-order valence-corrected chi connectivity index (χ4v) is 1.74. The smallest absolute Gasteiger partial charge is 0.222 e. The average Bonchev–Trinajstić information content (AvgIpc) is 2.12. The maximum atomic E-state index is 11.8. The van der Waals surface area contributed by atoms with E-state index in [1.165, 1.54) is 0 Å². The molecule has 1 atom stereocenters. The first-order valence-electron chi connectivity index (χ1n) is 5.58. The van der Waals surface area contributed by atoms with Gasteiger partial charge in [0.2, 0.25) is 5.91 Å². The monoisotopic (exact) mass is 250 g/mol. The molecule has 1 aliphatic rings. The molecular formula is C11H23ClN2O2.